The SMILES string of the molecule is CCNC(=NCC1(OC)CCOCC1)NCC1(c2cccc(Br)c2)CC1.I. The maximum absolute atomic E-state index is 5.80. The molecule has 1 aromatic carbocycles. The number of benzene rings is 1. The van der Waals surface area contributed by atoms with Crippen molar-refractivity contribution in [3.63, 3.8) is 0 Å². The van der Waals surface area contributed by atoms with Crippen molar-refractivity contribution in [2.75, 3.05) is 40.0 Å². The summed E-state index contributed by atoms with van der Waals surface area (Å²) in [5.41, 5.74) is 1.44. The van der Waals surface area contributed by atoms with Crippen LogP contribution in [0.4, 0.5) is 0 Å². The van der Waals surface area contributed by atoms with Crippen LogP contribution in [0.15, 0.2) is 33.7 Å². The largest absolute Gasteiger partial charge is 0.381 e. The fourth-order valence-corrected chi connectivity index (χ4v) is 3.92. The molecule has 1 saturated carbocycles. The van der Waals surface area contributed by atoms with Crippen molar-refractivity contribution < 1.29 is 9.47 Å². The maximum Gasteiger partial charge on any atom is 0.191 e. The van der Waals surface area contributed by atoms with Crippen LogP contribution in [0, 0.1) is 0 Å². The van der Waals surface area contributed by atoms with Gasteiger partial charge in [0.05, 0.1) is 12.1 Å². The fraction of sp³-hybridized carbons (Fsp3) is 0.650. The standard InChI is InChI=1S/C20H30BrN3O2.HI/c1-3-22-18(24-15-20(25-2)9-11-26-12-10-20)23-14-19(7-8-19)16-5-4-6-17(21)13-16;/h4-6,13H,3,7-12,14-15H2,1-2H3,(H2,22,23,24);1H. The highest BCUT2D eigenvalue weighted by Gasteiger charge is 2.44. The Labute approximate surface area is 188 Å². The molecule has 2 aliphatic rings. The van der Waals surface area contributed by atoms with E-state index in [4.69, 9.17) is 14.5 Å². The van der Waals surface area contributed by atoms with Gasteiger partial charge in [0.1, 0.15) is 0 Å². The molecule has 1 saturated heterocycles. The predicted octanol–water partition coefficient (Wildman–Crippen LogP) is 3.85. The summed E-state index contributed by atoms with van der Waals surface area (Å²) in [7, 11) is 1.79. The molecular weight excluding hydrogens is 521 g/mol. The molecule has 152 valence electrons. The van der Waals surface area contributed by atoms with Crippen molar-refractivity contribution in [2.24, 2.45) is 4.99 Å². The lowest BCUT2D eigenvalue weighted by molar-refractivity contribution is -0.0828. The van der Waals surface area contributed by atoms with Crippen LogP contribution in [0.5, 0.6) is 0 Å². The summed E-state index contributed by atoms with van der Waals surface area (Å²) in [5.74, 6) is 0.872. The summed E-state index contributed by atoms with van der Waals surface area (Å²) >= 11 is 3.59. The lowest BCUT2D eigenvalue weighted by Crippen LogP contribution is -2.45. The van der Waals surface area contributed by atoms with Gasteiger partial charge in [-0.25, -0.2) is 0 Å². The number of rotatable bonds is 7. The molecule has 2 N–H and O–H groups in total. The lowest BCUT2D eigenvalue weighted by atomic mass is 9.94. The monoisotopic (exact) mass is 551 g/mol. The molecule has 5 nitrogen and oxygen atoms in total. The van der Waals surface area contributed by atoms with E-state index in [2.05, 4.69) is 57.8 Å². The van der Waals surface area contributed by atoms with Gasteiger partial charge in [-0.1, -0.05) is 28.1 Å². The first kappa shape index (κ1) is 22.9. The Hall–Kier alpha value is -0.380. The molecule has 1 aromatic rings. The van der Waals surface area contributed by atoms with Gasteiger partial charge < -0.3 is 20.1 Å². The van der Waals surface area contributed by atoms with E-state index in [9.17, 15) is 0 Å². The number of nitrogens with one attached hydrogen (secondary N) is 2. The van der Waals surface area contributed by atoms with Crippen LogP contribution in [-0.2, 0) is 14.9 Å². The highest BCUT2D eigenvalue weighted by Crippen LogP contribution is 2.48. The van der Waals surface area contributed by atoms with Crippen molar-refractivity contribution in [3.8, 4) is 0 Å². The van der Waals surface area contributed by atoms with E-state index < -0.39 is 0 Å². The molecule has 2 fully saturated rings. The Morgan fingerprint density at radius 1 is 1.22 bits per heavy atom. The molecule has 1 aliphatic carbocycles. The van der Waals surface area contributed by atoms with Gasteiger partial charge in [0.25, 0.3) is 0 Å². The number of hydrogen-bond acceptors (Lipinski definition) is 3. The van der Waals surface area contributed by atoms with E-state index in [1.165, 1.54) is 18.4 Å². The zero-order chi connectivity index (χ0) is 18.5. The number of nitrogens with zero attached hydrogens (tertiary/aromatic N) is 1. The van der Waals surface area contributed by atoms with Crippen LogP contribution in [0.1, 0.15) is 38.2 Å². The number of halogens is 2. The molecule has 7 heteroatoms. The smallest absolute Gasteiger partial charge is 0.191 e. The van der Waals surface area contributed by atoms with E-state index in [-0.39, 0.29) is 35.0 Å². The summed E-state index contributed by atoms with van der Waals surface area (Å²) in [6.07, 6.45) is 4.23. The van der Waals surface area contributed by atoms with Gasteiger partial charge in [-0.2, -0.15) is 0 Å². The van der Waals surface area contributed by atoms with E-state index >= 15 is 0 Å². The van der Waals surface area contributed by atoms with Crippen LogP contribution >= 0.6 is 39.9 Å². The van der Waals surface area contributed by atoms with E-state index in [1.807, 2.05) is 0 Å². The minimum atomic E-state index is -0.192. The second kappa shape index (κ2) is 10.4. The van der Waals surface area contributed by atoms with Crippen LogP contribution < -0.4 is 10.6 Å². The number of hydrogen-bond donors (Lipinski definition) is 2. The fourth-order valence-electron chi connectivity index (χ4n) is 3.52. The van der Waals surface area contributed by atoms with Crippen LogP contribution in [0.25, 0.3) is 0 Å². The average molecular weight is 552 g/mol. The van der Waals surface area contributed by atoms with E-state index in [0.717, 1.165) is 49.6 Å². The highest BCUT2D eigenvalue weighted by atomic mass is 127. The van der Waals surface area contributed by atoms with Gasteiger partial charge in [0, 0.05) is 56.1 Å². The van der Waals surface area contributed by atoms with Gasteiger partial charge in [0.15, 0.2) is 5.96 Å². The lowest BCUT2D eigenvalue weighted by Gasteiger charge is -2.34. The molecule has 0 spiro atoms. The average Bonchev–Trinajstić information content (AvgIpc) is 3.46. The van der Waals surface area contributed by atoms with E-state index in [0.29, 0.717) is 6.54 Å². The quantitative estimate of drug-likeness (QED) is 0.307. The zero-order valence-electron chi connectivity index (χ0n) is 16.2. The zero-order valence-corrected chi connectivity index (χ0v) is 20.1. The molecule has 0 aromatic heterocycles. The number of guanidine groups is 1. The van der Waals surface area contributed by atoms with Gasteiger partial charge in [-0.3, -0.25) is 4.99 Å². The predicted molar refractivity (Wildman–Crippen MR) is 124 cm³/mol. The summed E-state index contributed by atoms with van der Waals surface area (Å²) in [6, 6.07) is 8.66. The molecule has 1 aliphatic heterocycles. The Morgan fingerprint density at radius 2 is 1.96 bits per heavy atom. The maximum atomic E-state index is 5.80. The van der Waals surface area contributed by atoms with Crippen molar-refractivity contribution in [1.82, 2.24) is 10.6 Å². The minimum absolute atomic E-state index is 0. The first-order valence-electron chi connectivity index (χ1n) is 9.53. The highest BCUT2D eigenvalue weighted by molar-refractivity contribution is 14.0. The first-order chi connectivity index (χ1) is 12.6. The molecule has 3 rings (SSSR count). The van der Waals surface area contributed by atoms with Gasteiger partial charge in [0.2, 0.25) is 0 Å². The Bertz CT molecular complexity index is 631. The molecule has 0 bridgehead atoms. The molecule has 0 radical (unpaired) electrons. The molecule has 0 amide bonds. The summed E-state index contributed by atoms with van der Waals surface area (Å²) in [6.45, 7) is 6.00. The summed E-state index contributed by atoms with van der Waals surface area (Å²) in [4.78, 5) is 4.83. The third-order valence-corrected chi connectivity index (χ3v) is 6.08. The normalized spacial score (nSPS) is 20.5. The van der Waals surface area contributed by atoms with Crippen molar-refractivity contribution in [2.45, 2.75) is 43.6 Å². The molecule has 0 atom stereocenters. The second-order valence-electron chi connectivity index (χ2n) is 7.34. The Balaban J connectivity index is 0.00000261. The molecule has 27 heavy (non-hydrogen) atoms. The third kappa shape index (κ3) is 6.05. The van der Waals surface area contributed by atoms with Crippen molar-refractivity contribution in [3.05, 3.63) is 34.3 Å². The Kier molecular flexibility index (Phi) is 8.83. The minimum Gasteiger partial charge on any atom is -0.381 e. The van der Waals surface area contributed by atoms with Crippen LogP contribution in [0.3, 0.4) is 0 Å². The number of methoxy groups -OCH3 is 1. The van der Waals surface area contributed by atoms with Gasteiger partial charge >= 0.3 is 0 Å². The Morgan fingerprint density at radius 3 is 2.56 bits per heavy atom. The van der Waals surface area contributed by atoms with Crippen LogP contribution in [-0.4, -0.2) is 51.5 Å². The molecule has 0 unspecified atom stereocenters. The summed E-state index contributed by atoms with van der Waals surface area (Å²) in [5, 5.41) is 6.93. The van der Waals surface area contributed by atoms with Gasteiger partial charge in [-0.15, -0.1) is 24.0 Å². The second-order valence-corrected chi connectivity index (χ2v) is 8.25. The summed E-state index contributed by atoms with van der Waals surface area (Å²) < 4.78 is 12.4. The first-order valence-corrected chi connectivity index (χ1v) is 10.3. The number of ether oxygens (including phenoxy) is 2. The third-order valence-electron chi connectivity index (χ3n) is 5.59. The molecule has 1 heterocycles. The topological polar surface area (TPSA) is 54.9 Å². The van der Waals surface area contributed by atoms with Crippen molar-refractivity contribution >= 4 is 45.9 Å². The van der Waals surface area contributed by atoms with E-state index in [1.54, 1.807) is 7.11 Å². The molecular formula is C20H31BrIN3O2. The van der Waals surface area contributed by atoms with Crippen LogP contribution in [0.2, 0.25) is 0 Å². The van der Waals surface area contributed by atoms with Gasteiger partial charge in [-0.05, 0) is 37.5 Å². The number of aliphatic imine (C=N–C) groups is 1. The van der Waals surface area contributed by atoms with Crippen molar-refractivity contribution in [1.29, 1.82) is 0 Å².